The van der Waals surface area contributed by atoms with Gasteiger partial charge in [0.2, 0.25) is 5.91 Å². The summed E-state index contributed by atoms with van der Waals surface area (Å²) in [7, 11) is 0. The largest absolute Gasteiger partial charge is 0.494 e. The highest BCUT2D eigenvalue weighted by Gasteiger charge is 2.23. The molecule has 3 rings (SSSR count). The zero-order valence-corrected chi connectivity index (χ0v) is 16.8. The highest BCUT2D eigenvalue weighted by molar-refractivity contribution is 5.94. The van der Waals surface area contributed by atoms with Crippen molar-refractivity contribution >= 4 is 17.5 Å². The quantitative estimate of drug-likeness (QED) is 0.747. The summed E-state index contributed by atoms with van der Waals surface area (Å²) < 4.78 is 5.40. The first kappa shape index (κ1) is 20.8. The summed E-state index contributed by atoms with van der Waals surface area (Å²) in [6.07, 6.45) is 0. The molecule has 0 atom stereocenters. The monoisotopic (exact) mass is 396 g/mol. The number of nitrogens with zero attached hydrogens (tertiary/aromatic N) is 2. The van der Waals surface area contributed by atoms with Crippen LogP contribution >= 0.6 is 0 Å². The highest BCUT2D eigenvalue weighted by Crippen LogP contribution is 2.16. The Morgan fingerprint density at radius 2 is 1.66 bits per heavy atom. The molecule has 0 bridgehead atoms. The molecule has 0 spiro atoms. The zero-order chi connectivity index (χ0) is 20.6. The van der Waals surface area contributed by atoms with E-state index in [-0.39, 0.29) is 11.8 Å². The molecular formula is C22H28N4O3. The molecule has 0 aromatic heterocycles. The molecule has 1 heterocycles. The van der Waals surface area contributed by atoms with Gasteiger partial charge in [0.05, 0.1) is 13.2 Å². The molecule has 7 heteroatoms. The number of carbonyl (C=O) groups is 2. The predicted molar refractivity (Wildman–Crippen MR) is 113 cm³/mol. The Kier molecular flexibility index (Phi) is 7.21. The van der Waals surface area contributed by atoms with Crippen LogP contribution in [0.3, 0.4) is 0 Å². The van der Waals surface area contributed by atoms with Crippen LogP contribution in [0.1, 0.15) is 22.8 Å². The van der Waals surface area contributed by atoms with Gasteiger partial charge < -0.3 is 20.7 Å². The number of piperazine rings is 1. The van der Waals surface area contributed by atoms with E-state index in [0.29, 0.717) is 51.4 Å². The van der Waals surface area contributed by atoms with Crippen LogP contribution in [-0.4, -0.2) is 60.9 Å². The fourth-order valence-electron chi connectivity index (χ4n) is 3.28. The average molecular weight is 396 g/mol. The number of hydrogen-bond donors (Lipinski definition) is 2. The SMILES string of the molecule is CCOc1ccc(NC(=O)CN2CCN(C(=O)c3ccc(CN)cc3)CC2)cc1. The number of ether oxygens (including phenoxy) is 1. The van der Waals surface area contributed by atoms with Crippen molar-refractivity contribution in [3.05, 3.63) is 59.7 Å². The van der Waals surface area contributed by atoms with Crippen LogP contribution in [0.25, 0.3) is 0 Å². The summed E-state index contributed by atoms with van der Waals surface area (Å²) in [5, 5.41) is 2.90. The van der Waals surface area contributed by atoms with Gasteiger partial charge in [0.25, 0.3) is 5.91 Å². The third-order valence-corrected chi connectivity index (χ3v) is 4.91. The molecule has 1 saturated heterocycles. The minimum atomic E-state index is -0.0636. The van der Waals surface area contributed by atoms with Crippen molar-refractivity contribution in [3.8, 4) is 5.75 Å². The Hall–Kier alpha value is -2.90. The van der Waals surface area contributed by atoms with Gasteiger partial charge in [-0.3, -0.25) is 14.5 Å². The van der Waals surface area contributed by atoms with Crippen LogP contribution in [-0.2, 0) is 11.3 Å². The zero-order valence-electron chi connectivity index (χ0n) is 16.8. The number of anilines is 1. The number of amides is 2. The first-order valence-electron chi connectivity index (χ1n) is 9.92. The summed E-state index contributed by atoms with van der Waals surface area (Å²) in [6.45, 7) is 5.86. The lowest BCUT2D eigenvalue weighted by atomic mass is 10.1. The van der Waals surface area contributed by atoms with E-state index < -0.39 is 0 Å². The van der Waals surface area contributed by atoms with E-state index in [1.165, 1.54) is 0 Å². The number of nitrogens with one attached hydrogen (secondary N) is 1. The normalized spacial score (nSPS) is 14.5. The van der Waals surface area contributed by atoms with Crippen LogP contribution in [0.15, 0.2) is 48.5 Å². The van der Waals surface area contributed by atoms with E-state index in [2.05, 4.69) is 10.2 Å². The summed E-state index contributed by atoms with van der Waals surface area (Å²) in [4.78, 5) is 28.8. The molecule has 0 saturated carbocycles. The van der Waals surface area contributed by atoms with Gasteiger partial charge >= 0.3 is 0 Å². The van der Waals surface area contributed by atoms with Gasteiger partial charge in [-0.2, -0.15) is 0 Å². The molecule has 154 valence electrons. The molecule has 2 aromatic rings. The third kappa shape index (κ3) is 5.79. The van der Waals surface area contributed by atoms with E-state index in [0.717, 1.165) is 17.0 Å². The molecule has 0 aliphatic carbocycles. The Balaban J connectivity index is 1.45. The molecule has 1 aliphatic heterocycles. The van der Waals surface area contributed by atoms with Gasteiger partial charge in [-0.25, -0.2) is 0 Å². The number of hydrogen-bond acceptors (Lipinski definition) is 5. The molecule has 1 aliphatic rings. The fourth-order valence-corrected chi connectivity index (χ4v) is 3.28. The molecule has 0 unspecified atom stereocenters. The van der Waals surface area contributed by atoms with Crippen molar-refractivity contribution in [1.82, 2.24) is 9.80 Å². The number of benzene rings is 2. The summed E-state index contributed by atoms with van der Waals surface area (Å²) in [6, 6.07) is 14.7. The summed E-state index contributed by atoms with van der Waals surface area (Å²) in [5.74, 6) is 0.738. The molecule has 2 amide bonds. The Bertz CT molecular complexity index is 813. The first-order chi connectivity index (χ1) is 14.1. The van der Waals surface area contributed by atoms with Crippen molar-refractivity contribution in [3.63, 3.8) is 0 Å². The lowest BCUT2D eigenvalue weighted by Crippen LogP contribution is -2.50. The minimum Gasteiger partial charge on any atom is -0.494 e. The van der Waals surface area contributed by atoms with Crippen molar-refractivity contribution < 1.29 is 14.3 Å². The Morgan fingerprint density at radius 1 is 1.00 bits per heavy atom. The molecule has 3 N–H and O–H groups in total. The van der Waals surface area contributed by atoms with Crippen molar-refractivity contribution in [1.29, 1.82) is 0 Å². The van der Waals surface area contributed by atoms with Crippen molar-refractivity contribution in [2.45, 2.75) is 13.5 Å². The standard InChI is InChI=1S/C22H28N4O3/c1-2-29-20-9-7-19(8-10-20)24-21(27)16-25-11-13-26(14-12-25)22(28)18-5-3-17(15-23)4-6-18/h3-10H,2,11-16,23H2,1H3,(H,24,27). The van der Waals surface area contributed by atoms with E-state index >= 15 is 0 Å². The number of carbonyl (C=O) groups excluding carboxylic acids is 2. The summed E-state index contributed by atoms with van der Waals surface area (Å²) in [5.41, 5.74) is 8.02. The van der Waals surface area contributed by atoms with Crippen LogP contribution in [0, 0.1) is 0 Å². The van der Waals surface area contributed by atoms with E-state index in [1.807, 2.05) is 60.4 Å². The van der Waals surface area contributed by atoms with Gasteiger partial charge in [0.15, 0.2) is 0 Å². The molecule has 0 radical (unpaired) electrons. The van der Waals surface area contributed by atoms with Gasteiger partial charge in [-0.1, -0.05) is 12.1 Å². The lowest BCUT2D eigenvalue weighted by molar-refractivity contribution is -0.117. The second-order valence-electron chi connectivity index (χ2n) is 6.97. The maximum Gasteiger partial charge on any atom is 0.253 e. The fraction of sp³-hybridized carbons (Fsp3) is 0.364. The topological polar surface area (TPSA) is 87.9 Å². The first-order valence-corrected chi connectivity index (χ1v) is 9.92. The van der Waals surface area contributed by atoms with E-state index in [9.17, 15) is 9.59 Å². The molecular weight excluding hydrogens is 368 g/mol. The van der Waals surface area contributed by atoms with Gasteiger partial charge in [0, 0.05) is 44.0 Å². The molecule has 2 aromatic carbocycles. The molecule has 1 fully saturated rings. The number of rotatable bonds is 7. The highest BCUT2D eigenvalue weighted by atomic mass is 16.5. The van der Waals surface area contributed by atoms with Crippen LogP contribution in [0.2, 0.25) is 0 Å². The maximum atomic E-state index is 12.6. The second-order valence-corrected chi connectivity index (χ2v) is 6.97. The van der Waals surface area contributed by atoms with Crippen molar-refractivity contribution in [2.75, 3.05) is 44.6 Å². The third-order valence-electron chi connectivity index (χ3n) is 4.91. The predicted octanol–water partition coefficient (Wildman–Crippen LogP) is 1.94. The van der Waals surface area contributed by atoms with Crippen LogP contribution < -0.4 is 15.8 Å². The number of nitrogens with two attached hydrogens (primary N) is 1. The smallest absolute Gasteiger partial charge is 0.253 e. The Morgan fingerprint density at radius 3 is 2.24 bits per heavy atom. The van der Waals surface area contributed by atoms with Crippen LogP contribution in [0.5, 0.6) is 5.75 Å². The van der Waals surface area contributed by atoms with Crippen LogP contribution in [0.4, 0.5) is 5.69 Å². The lowest BCUT2D eigenvalue weighted by Gasteiger charge is -2.34. The van der Waals surface area contributed by atoms with Gasteiger partial charge in [-0.15, -0.1) is 0 Å². The van der Waals surface area contributed by atoms with Gasteiger partial charge in [-0.05, 0) is 48.9 Å². The van der Waals surface area contributed by atoms with Gasteiger partial charge in [0.1, 0.15) is 5.75 Å². The molecule has 7 nitrogen and oxygen atoms in total. The van der Waals surface area contributed by atoms with E-state index in [1.54, 1.807) is 0 Å². The summed E-state index contributed by atoms with van der Waals surface area (Å²) >= 11 is 0. The Labute approximate surface area is 171 Å². The average Bonchev–Trinajstić information content (AvgIpc) is 2.75. The maximum absolute atomic E-state index is 12.6. The molecule has 29 heavy (non-hydrogen) atoms. The minimum absolute atomic E-state index is 0.0204. The second kappa shape index (κ2) is 10.0. The van der Waals surface area contributed by atoms with Crippen molar-refractivity contribution in [2.24, 2.45) is 5.73 Å². The van der Waals surface area contributed by atoms with E-state index in [4.69, 9.17) is 10.5 Å².